The third-order valence-corrected chi connectivity index (χ3v) is 2.27. The summed E-state index contributed by atoms with van der Waals surface area (Å²) in [7, 11) is -3.40. The molecule has 0 aliphatic carbocycles. The van der Waals surface area contributed by atoms with Gasteiger partial charge in [0.2, 0.25) is 10.0 Å². The summed E-state index contributed by atoms with van der Waals surface area (Å²) in [5.41, 5.74) is -0.932. The van der Waals surface area contributed by atoms with Crippen LogP contribution in [-0.2, 0) is 19.6 Å². The molecule has 1 amide bonds. The predicted octanol–water partition coefficient (Wildman–Crippen LogP) is -1.48. The second-order valence-electron chi connectivity index (χ2n) is 3.75. The van der Waals surface area contributed by atoms with Crippen LogP contribution in [0, 0.1) is 0 Å². The summed E-state index contributed by atoms with van der Waals surface area (Å²) < 4.78 is 24.0. The second kappa shape index (κ2) is 4.58. The molecular weight excluding hydrogens is 224 g/mol. The number of sulfonamides is 1. The van der Waals surface area contributed by atoms with E-state index in [4.69, 9.17) is 5.11 Å². The van der Waals surface area contributed by atoms with Crippen molar-refractivity contribution >= 4 is 21.9 Å². The smallest absolute Gasteiger partial charge is 0.394 e. The van der Waals surface area contributed by atoms with Gasteiger partial charge in [-0.15, -0.1) is 0 Å². The van der Waals surface area contributed by atoms with Crippen LogP contribution in [0.2, 0.25) is 0 Å². The van der Waals surface area contributed by atoms with Crippen molar-refractivity contribution in [2.24, 2.45) is 0 Å². The quantitative estimate of drug-likeness (QED) is 0.517. The summed E-state index contributed by atoms with van der Waals surface area (Å²) in [4.78, 5) is 20.8. The van der Waals surface area contributed by atoms with E-state index in [1.54, 1.807) is 0 Å². The maximum absolute atomic E-state index is 10.9. The van der Waals surface area contributed by atoms with Gasteiger partial charge in [0.15, 0.2) is 0 Å². The molecule has 7 nitrogen and oxygen atoms in total. The van der Waals surface area contributed by atoms with Crippen molar-refractivity contribution in [2.75, 3.05) is 12.8 Å². The minimum Gasteiger partial charge on any atom is -0.474 e. The molecule has 0 bridgehead atoms. The molecular formula is C7H14N2O5S. The molecule has 0 aliphatic rings. The zero-order chi connectivity index (χ0) is 12.3. The summed E-state index contributed by atoms with van der Waals surface area (Å²) in [5.74, 6) is -2.77. The van der Waals surface area contributed by atoms with Gasteiger partial charge >= 0.3 is 11.9 Å². The van der Waals surface area contributed by atoms with E-state index >= 15 is 0 Å². The minimum atomic E-state index is -3.40. The Morgan fingerprint density at radius 2 is 1.80 bits per heavy atom. The predicted molar refractivity (Wildman–Crippen MR) is 52.7 cm³/mol. The molecule has 0 aromatic heterocycles. The molecule has 0 rings (SSSR count). The highest BCUT2D eigenvalue weighted by Gasteiger charge is 2.24. The maximum atomic E-state index is 10.9. The molecule has 3 N–H and O–H groups in total. The number of carboxylic acids is 1. The first kappa shape index (κ1) is 13.8. The third-order valence-electron chi connectivity index (χ3n) is 1.35. The van der Waals surface area contributed by atoms with Gasteiger partial charge in [-0.25, -0.2) is 17.9 Å². The van der Waals surface area contributed by atoms with E-state index in [0.29, 0.717) is 0 Å². The molecule has 8 heteroatoms. The van der Waals surface area contributed by atoms with Gasteiger partial charge in [0.25, 0.3) is 0 Å². The first-order chi connectivity index (χ1) is 6.53. The van der Waals surface area contributed by atoms with Gasteiger partial charge in [-0.05, 0) is 13.8 Å². The normalized spacial score (nSPS) is 12.2. The van der Waals surface area contributed by atoms with Crippen LogP contribution in [0.5, 0.6) is 0 Å². The molecule has 0 heterocycles. The Hall–Kier alpha value is -1.15. The highest BCUT2D eigenvalue weighted by atomic mass is 32.2. The number of carboxylic acid groups (broad SMARTS) is 1. The number of rotatable bonds is 4. The van der Waals surface area contributed by atoms with E-state index < -0.39 is 27.4 Å². The Bertz CT molecular complexity index is 360. The molecule has 0 aromatic rings. The van der Waals surface area contributed by atoms with Crippen LogP contribution >= 0.6 is 0 Å². The average molecular weight is 238 g/mol. The largest absolute Gasteiger partial charge is 0.474 e. The number of nitrogens with one attached hydrogen (secondary N) is 2. The molecule has 0 fully saturated rings. The van der Waals surface area contributed by atoms with Crippen LogP contribution < -0.4 is 10.0 Å². The standard InChI is InChI=1S/C7H14N2O5S/c1-7(2,9-15(3,13)14)4-8-5(10)6(11)12/h9H,4H2,1-3H3,(H,8,10)(H,11,12). The van der Waals surface area contributed by atoms with E-state index in [1.165, 1.54) is 13.8 Å². The molecule has 0 saturated heterocycles. The highest BCUT2D eigenvalue weighted by molar-refractivity contribution is 7.88. The van der Waals surface area contributed by atoms with Crippen molar-refractivity contribution in [3.05, 3.63) is 0 Å². The van der Waals surface area contributed by atoms with Gasteiger partial charge in [0.05, 0.1) is 6.26 Å². The van der Waals surface area contributed by atoms with Gasteiger partial charge in [0, 0.05) is 12.1 Å². The number of amides is 1. The van der Waals surface area contributed by atoms with Crippen molar-refractivity contribution in [3.63, 3.8) is 0 Å². The van der Waals surface area contributed by atoms with Crippen LogP contribution in [-0.4, -0.2) is 43.7 Å². The number of hydrogen-bond acceptors (Lipinski definition) is 4. The fraction of sp³-hybridized carbons (Fsp3) is 0.714. The summed E-state index contributed by atoms with van der Waals surface area (Å²) >= 11 is 0. The van der Waals surface area contributed by atoms with Gasteiger partial charge in [-0.1, -0.05) is 0 Å². The van der Waals surface area contributed by atoms with Crippen molar-refractivity contribution < 1.29 is 23.1 Å². The molecule has 15 heavy (non-hydrogen) atoms. The highest BCUT2D eigenvalue weighted by Crippen LogP contribution is 2.01. The first-order valence-corrected chi connectivity index (χ1v) is 5.93. The molecule has 0 atom stereocenters. The molecule has 0 aliphatic heterocycles. The van der Waals surface area contributed by atoms with Crippen molar-refractivity contribution in [1.29, 1.82) is 0 Å². The lowest BCUT2D eigenvalue weighted by Gasteiger charge is -2.24. The fourth-order valence-corrected chi connectivity index (χ4v) is 1.99. The molecule has 0 unspecified atom stereocenters. The lowest BCUT2D eigenvalue weighted by molar-refractivity contribution is -0.150. The van der Waals surface area contributed by atoms with E-state index in [9.17, 15) is 18.0 Å². The summed E-state index contributed by atoms with van der Waals surface area (Å²) in [6, 6.07) is 0. The molecule has 0 saturated carbocycles. The van der Waals surface area contributed by atoms with Crippen LogP contribution in [0.4, 0.5) is 0 Å². The minimum absolute atomic E-state index is 0.106. The number of carbonyl (C=O) groups excluding carboxylic acids is 1. The zero-order valence-electron chi connectivity index (χ0n) is 8.70. The van der Waals surface area contributed by atoms with Gasteiger partial charge in [-0.3, -0.25) is 4.79 Å². The Morgan fingerprint density at radius 3 is 2.13 bits per heavy atom. The molecule has 0 aromatic carbocycles. The van der Waals surface area contributed by atoms with Crippen LogP contribution in [0.1, 0.15) is 13.8 Å². The van der Waals surface area contributed by atoms with E-state index in [2.05, 4.69) is 10.0 Å². The Kier molecular flexibility index (Phi) is 4.23. The van der Waals surface area contributed by atoms with E-state index in [-0.39, 0.29) is 6.54 Å². The lowest BCUT2D eigenvalue weighted by atomic mass is 10.1. The average Bonchev–Trinajstić information content (AvgIpc) is 1.95. The molecule has 88 valence electrons. The maximum Gasteiger partial charge on any atom is 0.394 e. The van der Waals surface area contributed by atoms with Gasteiger partial charge in [0.1, 0.15) is 0 Å². The second-order valence-corrected chi connectivity index (χ2v) is 5.49. The lowest BCUT2D eigenvalue weighted by Crippen LogP contribution is -2.51. The van der Waals surface area contributed by atoms with Crippen LogP contribution in [0.25, 0.3) is 0 Å². The van der Waals surface area contributed by atoms with E-state index in [0.717, 1.165) is 6.26 Å². The van der Waals surface area contributed by atoms with Crippen LogP contribution in [0.3, 0.4) is 0 Å². The summed E-state index contributed by atoms with van der Waals surface area (Å²) in [6.45, 7) is 2.94. The van der Waals surface area contributed by atoms with E-state index in [1.807, 2.05) is 0 Å². The van der Waals surface area contributed by atoms with Gasteiger partial charge < -0.3 is 10.4 Å². The third kappa shape index (κ3) is 6.86. The summed E-state index contributed by atoms with van der Waals surface area (Å²) in [5, 5.41) is 10.3. The Labute approximate surface area is 87.9 Å². The molecule has 0 spiro atoms. The zero-order valence-corrected chi connectivity index (χ0v) is 9.51. The van der Waals surface area contributed by atoms with Crippen molar-refractivity contribution in [2.45, 2.75) is 19.4 Å². The SMILES string of the molecule is CC(C)(CNC(=O)C(=O)O)NS(C)(=O)=O. The Balaban J connectivity index is 4.28. The number of hydrogen-bond donors (Lipinski definition) is 3. The summed E-state index contributed by atoms with van der Waals surface area (Å²) in [6.07, 6.45) is 0.980. The number of aliphatic carboxylic acids is 1. The van der Waals surface area contributed by atoms with Gasteiger partial charge in [-0.2, -0.15) is 0 Å². The monoisotopic (exact) mass is 238 g/mol. The molecule has 0 radical (unpaired) electrons. The van der Waals surface area contributed by atoms with Crippen molar-refractivity contribution in [1.82, 2.24) is 10.0 Å². The Morgan fingerprint density at radius 1 is 1.33 bits per heavy atom. The first-order valence-electron chi connectivity index (χ1n) is 4.03. The fourth-order valence-electron chi connectivity index (χ4n) is 0.915. The topological polar surface area (TPSA) is 113 Å². The number of carbonyl (C=O) groups is 2. The van der Waals surface area contributed by atoms with Crippen LogP contribution in [0.15, 0.2) is 0 Å². The van der Waals surface area contributed by atoms with Crippen molar-refractivity contribution in [3.8, 4) is 0 Å².